The summed E-state index contributed by atoms with van der Waals surface area (Å²) >= 11 is 5.85. The average Bonchev–Trinajstić information content (AvgIpc) is 2.39. The van der Waals surface area contributed by atoms with Gasteiger partial charge in [-0.15, -0.1) is 0 Å². The van der Waals surface area contributed by atoms with E-state index in [-0.39, 0.29) is 6.04 Å². The first kappa shape index (κ1) is 12.0. The summed E-state index contributed by atoms with van der Waals surface area (Å²) in [6, 6.07) is 15.6. The third-order valence-electron chi connectivity index (χ3n) is 2.79. The Morgan fingerprint density at radius 2 is 1.41 bits per heavy atom. The molecule has 0 aliphatic carbocycles. The first-order valence-electron chi connectivity index (χ1n) is 5.49. The molecule has 0 fully saturated rings. The van der Waals surface area contributed by atoms with Crippen molar-refractivity contribution in [2.45, 2.75) is 6.04 Å². The fourth-order valence-electron chi connectivity index (χ4n) is 1.72. The van der Waals surface area contributed by atoms with Crippen LogP contribution in [0.4, 0.5) is 5.69 Å². The molecule has 0 spiro atoms. The number of halogens is 1. The zero-order valence-electron chi connectivity index (χ0n) is 9.65. The predicted octanol–water partition coefficient (Wildman–Crippen LogP) is 3.43. The van der Waals surface area contributed by atoms with E-state index in [0.29, 0.717) is 0 Å². The van der Waals surface area contributed by atoms with Crippen molar-refractivity contribution in [3.8, 4) is 0 Å². The molecule has 0 radical (unpaired) electrons. The number of hydrogen-bond donors (Lipinski definition) is 2. The van der Waals surface area contributed by atoms with Crippen LogP contribution >= 0.6 is 11.6 Å². The number of benzene rings is 2. The van der Waals surface area contributed by atoms with Crippen molar-refractivity contribution in [2.24, 2.45) is 5.73 Å². The zero-order chi connectivity index (χ0) is 12.3. The standard InChI is InChI=1S/C14H15ClN2/c1-17-13-8-4-11(5-9-13)14(16)10-2-6-12(15)7-3-10/h2-9,14,17H,16H2,1H3. The van der Waals surface area contributed by atoms with Gasteiger partial charge in [-0.2, -0.15) is 0 Å². The Hall–Kier alpha value is -1.51. The van der Waals surface area contributed by atoms with E-state index in [1.54, 1.807) is 0 Å². The largest absolute Gasteiger partial charge is 0.388 e. The minimum absolute atomic E-state index is 0.113. The number of hydrogen-bond acceptors (Lipinski definition) is 2. The van der Waals surface area contributed by atoms with Crippen LogP contribution in [0.15, 0.2) is 48.5 Å². The SMILES string of the molecule is CNc1ccc(C(N)c2ccc(Cl)cc2)cc1. The molecule has 88 valence electrons. The van der Waals surface area contributed by atoms with Gasteiger partial charge in [-0.05, 0) is 35.4 Å². The Kier molecular flexibility index (Phi) is 3.67. The van der Waals surface area contributed by atoms with Crippen LogP contribution in [0.2, 0.25) is 5.02 Å². The molecule has 0 aliphatic heterocycles. The lowest BCUT2D eigenvalue weighted by Gasteiger charge is -2.13. The van der Waals surface area contributed by atoms with Crippen molar-refractivity contribution >= 4 is 17.3 Å². The van der Waals surface area contributed by atoms with Gasteiger partial charge in [0.25, 0.3) is 0 Å². The van der Waals surface area contributed by atoms with E-state index >= 15 is 0 Å². The summed E-state index contributed by atoms with van der Waals surface area (Å²) in [6.45, 7) is 0. The van der Waals surface area contributed by atoms with Gasteiger partial charge in [-0.3, -0.25) is 0 Å². The summed E-state index contributed by atoms with van der Waals surface area (Å²) in [5.41, 5.74) is 9.43. The smallest absolute Gasteiger partial charge is 0.0551 e. The van der Waals surface area contributed by atoms with Gasteiger partial charge in [0.2, 0.25) is 0 Å². The van der Waals surface area contributed by atoms with Gasteiger partial charge in [0.15, 0.2) is 0 Å². The molecule has 1 atom stereocenters. The van der Waals surface area contributed by atoms with Crippen LogP contribution in [-0.2, 0) is 0 Å². The van der Waals surface area contributed by atoms with Crippen LogP contribution < -0.4 is 11.1 Å². The van der Waals surface area contributed by atoms with Crippen molar-refractivity contribution in [2.75, 3.05) is 12.4 Å². The minimum Gasteiger partial charge on any atom is -0.388 e. The van der Waals surface area contributed by atoms with E-state index in [2.05, 4.69) is 5.32 Å². The molecule has 0 amide bonds. The molecular formula is C14H15ClN2. The summed E-state index contributed by atoms with van der Waals surface area (Å²) in [6.07, 6.45) is 0. The van der Waals surface area contributed by atoms with Crippen LogP contribution in [0.25, 0.3) is 0 Å². The second-order valence-corrected chi connectivity index (χ2v) is 4.34. The van der Waals surface area contributed by atoms with Gasteiger partial charge in [-0.25, -0.2) is 0 Å². The number of nitrogens with two attached hydrogens (primary N) is 1. The topological polar surface area (TPSA) is 38.0 Å². The quantitative estimate of drug-likeness (QED) is 0.871. The summed E-state index contributed by atoms with van der Waals surface area (Å²) in [4.78, 5) is 0. The third-order valence-corrected chi connectivity index (χ3v) is 3.04. The van der Waals surface area contributed by atoms with Crippen LogP contribution in [0.5, 0.6) is 0 Å². The molecule has 0 heterocycles. The molecule has 2 aromatic carbocycles. The summed E-state index contributed by atoms with van der Waals surface area (Å²) in [5, 5.41) is 3.81. The molecule has 3 heteroatoms. The van der Waals surface area contributed by atoms with Gasteiger partial charge in [-0.1, -0.05) is 35.9 Å². The van der Waals surface area contributed by atoms with Crippen molar-refractivity contribution in [1.29, 1.82) is 0 Å². The van der Waals surface area contributed by atoms with E-state index in [9.17, 15) is 0 Å². The Labute approximate surface area is 106 Å². The number of rotatable bonds is 3. The molecule has 2 nitrogen and oxygen atoms in total. The van der Waals surface area contributed by atoms with Crippen LogP contribution in [0, 0.1) is 0 Å². The van der Waals surface area contributed by atoms with Crippen LogP contribution in [-0.4, -0.2) is 7.05 Å². The Morgan fingerprint density at radius 3 is 1.88 bits per heavy atom. The molecular weight excluding hydrogens is 232 g/mol. The molecule has 0 bridgehead atoms. The highest BCUT2D eigenvalue weighted by Crippen LogP contribution is 2.22. The van der Waals surface area contributed by atoms with Gasteiger partial charge in [0.05, 0.1) is 6.04 Å². The van der Waals surface area contributed by atoms with Crippen molar-refractivity contribution < 1.29 is 0 Å². The molecule has 0 aliphatic rings. The molecule has 2 aromatic rings. The lowest BCUT2D eigenvalue weighted by atomic mass is 9.99. The van der Waals surface area contributed by atoms with Gasteiger partial charge < -0.3 is 11.1 Å². The van der Waals surface area contributed by atoms with Gasteiger partial charge in [0, 0.05) is 17.8 Å². The lowest BCUT2D eigenvalue weighted by molar-refractivity contribution is 0.872. The predicted molar refractivity (Wildman–Crippen MR) is 73.5 cm³/mol. The molecule has 0 saturated carbocycles. The second kappa shape index (κ2) is 5.21. The highest BCUT2D eigenvalue weighted by molar-refractivity contribution is 6.30. The maximum Gasteiger partial charge on any atom is 0.0551 e. The fraction of sp³-hybridized carbons (Fsp3) is 0.143. The molecule has 0 aromatic heterocycles. The molecule has 3 N–H and O–H groups in total. The monoisotopic (exact) mass is 246 g/mol. The molecule has 0 saturated heterocycles. The Bertz CT molecular complexity index is 477. The van der Waals surface area contributed by atoms with Gasteiger partial charge in [0.1, 0.15) is 0 Å². The Morgan fingerprint density at radius 1 is 0.941 bits per heavy atom. The van der Waals surface area contributed by atoms with Crippen LogP contribution in [0.1, 0.15) is 17.2 Å². The normalized spacial score (nSPS) is 12.2. The van der Waals surface area contributed by atoms with E-state index in [0.717, 1.165) is 21.8 Å². The number of nitrogens with one attached hydrogen (secondary N) is 1. The Balaban J connectivity index is 2.23. The molecule has 2 rings (SSSR count). The van der Waals surface area contributed by atoms with Gasteiger partial charge >= 0.3 is 0 Å². The van der Waals surface area contributed by atoms with Crippen molar-refractivity contribution in [3.63, 3.8) is 0 Å². The third kappa shape index (κ3) is 2.78. The van der Waals surface area contributed by atoms with Crippen molar-refractivity contribution in [1.82, 2.24) is 0 Å². The molecule has 1 unspecified atom stereocenters. The summed E-state index contributed by atoms with van der Waals surface area (Å²) < 4.78 is 0. The fourth-order valence-corrected chi connectivity index (χ4v) is 1.85. The van der Waals surface area contributed by atoms with E-state index in [1.807, 2.05) is 55.6 Å². The minimum atomic E-state index is -0.113. The maximum absolute atomic E-state index is 6.19. The first-order valence-corrected chi connectivity index (χ1v) is 5.87. The average molecular weight is 247 g/mol. The van der Waals surface area contributed by atoms with E-state index in [1.165, 1.54) is 0 Å². The van der Waals surface area contributed by atoms with Crippen LogP contribution in [0.3, 0.4) is 0 Å². The second-order valence-electron chi connectivity index (χ2n) is 3.90. The van der Waals surface area contributed by atoms with Crippen molar-refractivity contribution in [3.05, 3.63) is 64.7 Å². The van der Waals surface area contributed by atoms with E-state index in [4.69, 9.17) is 17.3 Å². The first-order chi connectivity index (χ1) is 8.20. The highest BCUT2D eigenvalue weighted by atomic mass is 35.5. The molecule has 17 heavy (non-hydrogen) atoms. The highest BCUT2D eigenvalue weighted by Gasteiger charge is 2.08. The lowest BCUT2D eigenvalue weighted by Crippen LogP contribution is -2.11. The van der Waals surface area contributed by atoms with E-state index < -0.39 is 0 Å². The summed E-state index contributed by atoms with van der Waals surface area (Å²) in [7, 11) is 1.90. The number of anilines is 1. The maximum atomic E-state index is 6.19. The summed E-state index contributed by atoms with van der Waals surface area (Å²) in [5.74, 6) is 0. The zero-order valence-corrected chi connectivity index (χ0v) is 10.4.